The van der Waals surface area contributed by atoms with Crippen LogP contribution in [0.3, 0.4) is 0 Å². The lowest BCUT2D eigenvalue weighted by Gasteiger charge is -2.12. The number of aliphatic hydroxyl groups is 1. The number of hydrogen-bond acceptors (Lipinski definition) is 5. The van der Waals surface area contributed by atoms with Crippen LogP contribution in [0.5, 0.6) is 5.75 Å². The number of nitrogens with zero attached hydrogens (tertiary/aromatic N) is 2. The van der Waals surface area contributed by atoms with E-state index in [2.05, 4.69) is 9.97 Å². The maximum absolute atomic E-state index is 10.1. The number of aliphatic hydroxyl groups excluding tert-OH is 1. The van der Waals surface area contributed by atoms with Crippen molar-refractivity contribution in [3.8, 4) is 5.75 Å². The first kappa shape index (κ1) is 15.8. The third kappa shape index (κ3) is 4.21. The average Bonchev–Trinajstić information content (AvgIpc) is 2.58. The Hall–Kier alpha value is -2.11. The van der Waals surface area contributed by atoms with Gasteiger partial charge < -0.3 is 9.84 Å². The lowest BCUT2D eigenvalue weighted by molar-refractivity contribution is 0.126. The fraction of sp³-hybridized carbons (Fsp3) is 0.222. The summed E-state index contributed by atoms with van der Waals surface area (Å²) in [6.45, 7) is 2.14. The molecule has 0 aliphatic carbocycles. The highest BCUT2D eigenvalue weighted by molar-refractivity contribution is 7.99. The SMILES string of the molecule is Cc1nc(SC[C@H](O)COc2ccccc2)c2ccccc2n1. The van der Waals surface area contributed by atoms with Gasteiger partial charge in [0, 0.05) is 11.1 Å². The minimum absolute atomic E-state index is 0.263. The second kappa shape index (κ2) is 7.44. The molecule has 1 N–H and O–H groups in total. The van der Waals surface area contributed by atoms with Crippen molar-refractivity contribution in [3.63, 3.8) is 0 Å². The molecule has 0 amide bonds. The molecule has 0 saturated heterocycles. The van der Waals surface area contributed by atoms with E-state index in [9.17, 15) is 5.11 Å². The molecule has 1 heterocycles. The first-order chi connectivity index (χ1) is 11.2. The Morgan fingerprint density at radius 1 is 1.04 bits per heavy atom. The number of aromatic nitrogens is 2. The van der Waals surface area contributed by atoms with Crippen molar-refractivity contribution in [2.24, 2.45) is 0 Å². The van der Waals surface area contributed by atoms with Gasteiger partial charge in [-0.15, -0.1) is 11.8 Å². The van der Waals surface area contributed by atoms with Crippen molar-refractivity contribution in [1.82, 2.24) is 9.97 Å². The summed E-state index contributed by atoms with van der Waals surface area (Å²) < 4.78 is 5.57. The maximum Gasteiger partial charge on any atom is 0.127 e. The molecule has 0 radical (unpaired) electrons. The highest BCUT2D eigenvalue weighted by Gasteiger charge is 2.10. The van der Waals surface area contributed by atoms with Crippen LogP contribution in [-0.4, -0.2) is 33.5 Å². The Morgan fingerprint density at radius 2 is 1.78 bits per heavy atom. The molecular weight excluding hydrogens is 308 g/mol. The zero-order valence-corrected chi connectivity index (χ0v) is 13.7. The van der Waals surface area contributed by atoms with Crippen LogP contribution in [0.2, 0.25) is 0 Å². The summed E-state index contributed by atoms with van der Waals surface area (Å²) >= 11 is 1.53. The summed E-state index contributed by atoms with van der Waals surface area (Å²) in [6.07, 6.45) is -0.561. The molecule has 1 atom stereocenters. The van der Waals surface area contributed by atoms with Gasteiger partial charge in [-0.2, -0.15) is 0 Å². The molecular formula is C18H18N2O2S. The van der Waals surface area contributed by atoms with Gasteiger partial charge in [-0.05, 0) is 25.1 Å². The topological polar surface area (TPSA) is 55.2 Å². The second-order valence-electron chi connectivity index (χ2n) is 5.18. The van der Waals surface area contributed by atoms with Gasteiger partial charge in [0.1, 0.15) is 23.2 Å². The molecule has 0 spiro atoms. The molecule has 2 aromatic carbocycles. The second-order valence-corrected chi connectivity index (χ2v) is 6.19. The summed E-state index contributed by atoms with van der Waals surface area (Å²) in [6, 6.07) is 17.4. The van der Waals surface area contributed by atoms with E-state index in [0.717, 1.165) is 27.5 Å². The number of aryl methyl sites for hydroxylation is 1. The molecule has 0 aliphatic heterocycles. The number of rotatable bonds is 6. The van der Waals surface area contributed by atoms with Gasteiger partial charge in [-0.1, -0.05) is 36.4 Å². The van der Waals surface area contributed by atoms with Gasteiger partial charge in [-0.25, -0.2) is 9.97 Å². The van der Waals surface area contributed by atoms with Crippen molar-refractivity contribution in [2.45, 2.75) is 18.1 Å². The minimum Gasteiger partial charge on any atom is -0.491 e. The Morgan fingerprint density at radius 3 is 2.61 bits per heavy atom. The standard InChI is InChI=1S/C18H18N2O2S/c1-13-19-17-10-6-5-9-16(17)18(20-13)23-12-14(21)11-22-15-7-3-2-4-8-15/h2-10,14,21H,11-12H2,1H3/t14-/m1/s1. The number of thioether (sulfide) groups is 1. The van der Waals surface area contributed by atoms with Gasteiger partial charge in [0.05, 0.1) is 11.6 Å². The molecule has 118 valence electrons. The van der Waals surface area contributed by atoms with Gasteiger partial charge in [0.15, 0.2) is 0 Å². The molecule has 0 unspecified atom stereocenters. The highest BCUT2D eigenvalue weighted by Crippen LogP contribution is 2.25. The van der Waals surface area contributed by atoms with Crippen LogP contribution >= 0.6 is 11.8 Å². The van der Waals surface area contributed by atoms with Crippen molar-refractivity contribution in [2.75, 3.05) is 12.4 Å². The normalized spacial score (nSPS) is 12.3. The van der Waals surface area contributed by atoms with Crippen LogP contribution in [0.25, 0.3) is 10.9 Å². The number of fused-ring (bicyclic) bond motifs is 1. The van der Waals surface area contributed by atoms with Gasteiger partial charge >= 0.3 is 0 Å². The number of para-hydroxylation sites is 2. The van der Waals surface area contributed by atoms with E-state index in [4.69, 9.17) is 4.74 Å². The van der Waals surface area contributed by atoms with E-state index in [1.165, 1.54) is 11.8 Å². The van der Waals surface area contributed by atoms with E-state index < -0.39 is 6.10 Å². The molecule has 3 aromatic rings. The molecule has 0 fully saturated rings. The zero-order valence-electron chi connectivity index (χ0n) is 12.8. The first-order valence-corrected chi connectivity index (χ1v) is 8.43. The Bertz CT molecular complexity index is 780. The maximum atomic E-state index is 10.1. The summed E-state index contributed by atoms with van der Waals surface area (Å²) in [5.74, 6) is 2.02. The predicted octanol–water partition coefficient (Wildman–Crippen LogP) is 3.47. The molecule has 4 nitrogen and oxygen atoms in total. The van der Waals surface area contributed by atoms with Crippen molar-refractivity contribution >= 4 is 22.7 Å². The third-order valence-corrected chi connectivity index (χ3v) is 4.41. The Balaban J connectivity index is 1.62. The highest BCUT2D eigenvalue weighted by atomic mass is 32.2. The van der Waals surface area contributed by atoms with Gasteiger partial charge in [0.2, 0.25) is 0 Å². The van der Waals surface area contributed by atoms with E-state index in [1.54, 1.807) is 0 Å². The van der Waals surface area contributed by atoms with Crippen LogP contribution in [0, 0.1) is 6.92 Å². The van der Waals surface area contributed by atoms with Crippen molar-refractivity contribution < 1.29 is 9.84 Å². The average molecular weight is 326 g/mol. The van der Waals surface area contributed by atoms with E-state index in [1.807, 2.05) is 61.5 Å². The summed E-state index contributed by atoms with van der Waals surface area (Å²) in [4.78, 5) is 8.92. The predicted molar refractivity (Wildman–Crippen MR) is 92.9 cm³/mol. The number of ether oxygens (including phenoxy) is 1. The molecule has 23 heavy (non-hydrogen) atoms. The van der Waals surface area contributed by atoms with Crippen LogP contribution in [0.4, 0.5) is 0 Å². The van der Waals surface area contributed by atoms with Crippen LogP contribution in [0.1, 0.15) is 5.82 Å². The molecule has 1 aromatic heterocycles. The van der Waals surface area contributed by atoms with E-state index >= 15 is 0 Å². The van der Waals surface area contributed by atoms with E-state index in [0.29, 0.717) is 5.75 Å². The molecule has 0 bridgehead atoms. The smallest absolute Gasteiger partial charge is 0.127 e. The molecule has 0 saturated carbocycles. The van der Waals surface area contributed by atoms with Crippen LogP contribution in [-0.2, 0) is 0 Å². The molecule has 5 heteroatoms. The summed E-state index contributed by atoms with van der Waals surface area (Å²) in [5.41, 5.74) is 0.928. The third-order valence-electron chi connectivity index (χ3n) is 3.28. The van der Waals surface area contributed by atoms with Crippen molar-refractivity contribution in [1.29, 1.82) is 0 Å². The number of benzene rings is 2. The molecule has 0 aliphatic rings. The quantitative estimate of drug-likeness (QED) is 0.555. The van der Waals surface area contributed by atoms with Crippen LogP contribution < -0.4 is 4.74 Å². The lowest BCUT2D eigenvalue weighted by Crippen LogP contribution is -2.20. The van der Waals surface area contributed by atoms with Gasteiger partial charge in [-0.3, -0.25) is 0 Å². The fourth-order valence-electron chi connectivity index (χ4n) is 2.20. The zero-order chi connectivity index (χ0) is 16.1. The minimum atomic E-state index is -0.561. The summed E-state index contributed by atoms with van der Waals surface area (Å²) in [5, 5.41) is 12.0. The van der Waals surface area contributed by atoms with Gasteiger partial charge in [0.25, 0.3) is 0 Å². The Kier molecular flexibility index (Phi) is 5.10. The first-order valence-electron chi connectivity index (χ1n) is 7.44. The summed E-state index contributed by atoms with van der Waals surface area (Å²) in [7, 11) is 0. The fourth-order valence-corrected chi connectivity index (χ4v) is 3.17. The number of hydrogen-bond donors (Lipinski definition) is 1. The van der Waals surface area contributed by atoms with Crippen molar-refractivity contribution in [3.05, 3.63) is 60.4 Å². The Labute approximate surface area is 139 Å². The largest absolute Gasteiger partial charge is 0.491 e. The monoisotopic (exact) mass is 326 g/mol. The van der Waals surface area contributed by atoms with E-state index in [-0.39, 0.29) is 6.61 Å². The lowest BCUT2D eigenvalue weighted by atomic mass is 10.2. The molecule has 3 rings (SSSR count). The van der Waals surface area contributed by atoms with Crippen LogP contribution in [0.15, 0.2) is 59.6 Å².